The molecule has 1 amide bonds. The van der Waals surface area contributed by atoms with Crippen molar-refractivity contribution in [3.63, 3.8) is 0 Å². The van der Waals surface area contributed by atoms with Crippen LogP contribution in [0, 0.1) is 0 Å². The largest absolute Gasteiger partial charge is 0.373 e. The standard InChI is InChI=1S/C14H20N2O2/c1-2-6-14(9-10-15-16-12-17)18-11-13-7-4-3-5-8-13/h3-5,7-8,10,12,14H,2,6,9,11H2,1H3,(H,16,17)/b15-10+/t14-/m0/s1. The fourth-order valence-electron chi connectivity index (χ4n) is 1.63. The Labute approximate surface area is 108 Å². The molecule has 4 heteroatoms. The van der Waals surface area contributed by atoms with Crippen molar-refractivity contribution in [2.24, 2.45) is 5.10 Å². The van der Waals surface area contributed by atoms with Crippen molar-refractivity contribution in [2.75, 3.05) is 0 Å². The van der Waals surface area contributed by atoms with E-state index in [0.29, 0.717) is 19.4 Å². The fourth-order valence-corrected chi connectivity index (χ4v) is 1.63. The van der Waals surface area contributed by atoms with Crippen LogP contribution in [0.15, 0.2) is 35.4 Å². The highest BCUT2D eigenvalue weighted by Gasteiger charge is 2.06. The van der Waals surface area contributed by atoms with Crippen molar-refractivity contribution < 1.29 is 9.53 Å². The summed E-state index contributed by atoms with van der Waals surface area (Å²) in [6.07, 6.45) is 5.14. The van der Waals surface area contributed by atoms with Crippen molar-refractivity contribution in [1.29, 1.82) is 0 Å². The van der Waals surface area contributed by atoms with Crippen LogP contribution in [0.25, 0.3) is 0 Å². The topological polar surface area (TPSA) is 50.7 Å². The Balaban J connectivity index is 2.35. The van der Waals surface area contributed by atoms with Gasteiger partial charge in [0.05, 0.1) is 12.7 Å². The van der Waals surface area contributed by atoms with E-state index in [2.05, 4.69) is 17.5 Å². The van der Waals surface area contributed by atoms with Crippen LogP contribution in [0.2, 0.25) is 0 Å². The Hall–Kier alpha value is -1.68. The van der Waals surface area contributed by atoms with Crippen LogP contribution in [-0.4, -0.2) is 18.7 Å². The highest BCUT2D eigenvalue weighted by Crippen LogP contribution is 2.09. The molecule has 0 aliphatic carbocycles. The predicted molar refractivity (Wildman–Crippen MR) is 72.2 cm³/mol. The number of ether oxygens (including phenoxy) is 1. The first kappa shape index (κ1) is 14.4. The number of carbonyl (C=O) groups excluding carboxylic acids is 1. The van der Waals surface area contributed by atoms with Crippen LogP contribution in [0.4, 0.5) is 0 Å². The molecule has 98 valence electrons. The highest BCUT2D eigenvalue weighted by atomic mass is 16.5. The fraction of sp³-hybridized carbons (Fsp3) is 0.429. The lowest BCUT2D eigenvalue weighted by molar-refractivity contribution is -0.109. The second kappa shape index (κ2) is 9.36. The third-order valence-corrected chi connectivity index (χ3v) is 2.53. The first-order valence-electron chi connectivity index (χ1n) is 6.23. The Morgan fingerprint density at radius 2 is 2.17 bits per heavy atom. The summed E-state index contributed by atoms with van der Waals surface area (Å²) < 4.78 is 5.84. The van der Waals surface area contributed by atoms with E-state index in [1.807, 2.05) is 30.3 Å². The van der Waals surface area contributed by atoms with Gasteiger partial charge in [-0.2, -0.15) is 5.10 Å². The lowest BCUT2D eigenvalue weighted by atomic mass is 10.1. The monoisotopic (exact) mass is 248 g/mol. The summed E-state index contributed by atoms with van der Waals surface area (Å²) in [7, 11) is 0. The summed E-state index contributed by atoms with van der Waals surface area (Å²) in [5.41, 5.74) is 3.42. The molecule has 1 rings (SSSR count). The number of nitrogens with one attached hydrogen (secondary N) is 1. The molecule has 0 aromatic heterocycles. The summed E-state index contributed by atoms with van der Waals surface area (Å²) in [4.78, 5) is 10.0. The Morgan fingerprint density at radius 1 is 1.39 bits per heavy atom. The summed E-state index contributed by atoms with van der Waals surface area (Å²) >= 11 is 0. The Morgan fingerprint density at radius 3 is 2.83 bits per heavy atom. The van der Waals surface area contributed by atoms with Gasteiger partial charge in [-0.25, -0.2) is 0 Å². The Kier molecular flexibility index (Phi) is 7.48. The molecule has 0 aliphatic heterocycles. The van der Waals surface area contributed by atoms with E-state index in [4.69, 9.17) is 4.74 Å². The van der Waals surface area contributed by atoms with Gasteiger partial charge in [0.2, 0.25) is 6.41 Å². The maximum atomic E-state index is 10.0. The molecule has 1 N–H and O–H groups in total. The molecule has 0 saturated heterocycles. The molecule has 0 heterocycles. The van der Waals surface area contributed by atoms with E-state index >= 15 is 0 Å². The zero-order valence-electron chi connectivity index (χ0n) is 10.7. The van der Waals surface area contributed by atoms with Gasteiger partial charge in [0, 0.05) is 12.6 Å². The summed E-state index contributed by atoms with van der Waals surface area (Å²) in [5.74, 6) is 0. The number of amides is 1. The van der Waals surface area contributed by atoms with Crippen LogP contribution >= 0.6 is 0 Å². The lowest BCUT2D eigenvalue weighted by Gasteiger charge is -2.15. The molecule has 1 aromatic carbocycles. The molecule has 18 heavy (non-hydrogen) atoms. The van der Waals surface area contributed by atoms with Gasteiger partial charge >= 0.3 is 0 Å². The van der Waals surface area contributed by atoms with E-state index < -0.39 is 0 Å². The molecule has 0 fully saturated rings. The zero-order chi connectivity index (χ0) is 13.1. The summed E-state index contributed by atoms with van der Waals surface area (Å²) in [6, 6.07) is 10.1. The molecule has 4 nitrogen and oxygen atoms in total. The van der Waals surface area contributed by atoms with Crippen LogP contribution < -0.4 is 5.43 Å². The van der Waals surface area contributed by atoms with Gasteiger partial charge < -0.3 is 4.74 Å². The van der Waals surface area contributed by atoms with Gasteiger partial charge in [-0.3, -0.25) is 10.2 Å². The van der Waals surface area contributed by atoms with Gasteiger partial charge in [-0.1, -0.05) is 43.7 Å². The molecule has 1 atom stereocenters. The van der Waals surface area contributed by atoms with Gasteiger partial charge in [-0.15, -0.1) is 0 Å². The smallest absolute Gasteiger partial charge is 0.227 e. The van der Waals surface area contributed by atoms with Crippen molar-refractivity contribution in [1.82, 2.24) is 5.43 Å². The molecule has 0 unspecified atom stereocenters. The quantitative estimate of drug-likeness (QED) is 0.414. The molecule has 0 spiro atoms. The maximum absolute atomic E-state index is 10.0. The molecule has 0 aliphatic rings. The second-order valence-electron chi connectivity index (χ2n) is 4.00. The Bertz CT molecular complexity index is 352. The zero-order valence-corrected chi connectivity index (χ0v) is 10.7. The van der Waals surface area contributed by atoms with Gasteiger partial charge in [0.15, 0.2) is 0 Å². The van der Waals surface area contributed by atoms with E-state index in [-0.39, 0.29) is 6.10 Å². The van der Waals surface area contributed by atoms with Crippen LogP contribution in [0.1, 0.15) is 31.7 Å². The third-order valence-electron chi connectivity index (χ3n) is 2.53. The minimum atomic E-state index is 0.146. The number of hydrogen-bond donors (Lipinski definition) is 1. The van der Waals surface area contributed by atoms with Gasteiger partial charge in [0.25, 0.3) is 0 Å². The average Bonchev–Trinajstić information content (AvgIpc) is 2.42. The first-order chi connectivity index (χ1) is 8.86. The number of benzene rings is 1. The number of hydrazone groups is 1. The first-order valence-corrected chi connectivity index (χ1v) is 6.23. The van der Waals surface area contributed by atoms with Crippen molar-refractivity contribution in [3.8, 4) is 0 Å². The van der Waals surface area contributed by atoms with Crippen LogP contribution in [0.5, 0.6) is 0 Å². The molecule has 0 bridgehead atoms. The molecule has 1 aromatic rings. The lowest BCUT2D eigenvalue weighted by Crippen LogP contribution is -2.14. The molecular weight excluding hydrogens is 228 g/mol. The van der Waals surface area contributed by atoms with Gasteiger partial charge in [-0.05, 0) is 12.0 Å². The summed E-state index contributed by atoms with van der Waals surface area (Å²) in [6.45, 7) is 2.74. The van der Waals surface area contributed by atoms with Gasteiger partial charge in [0.1, 0.15) is 0 Å². The minimum absolute atomic E-state index is 0.146. The number of rotatable bonds is 9. The molecule has 0 radical (unpaired) electrons. The van der Waals surface area contributed by atoms with E-state index in [9.17, 15) is 4.79 Å². The normalized spacial score (nSPS) is 12.5. The van der Waals surface area contributed by atoms with Crippen molar-refractivity contribution in [3.05, 3.63) is 35.9 Å². The van der Waals surface area contributed by atoms with Crippen molar-refractivity contribution in [2.45, 2.75) is 38.9 Å². The number of nitrogens with zero attached hydrogens (tertiary/aromatic N) is 1. The highest BCUT2D eigenvalue weighted by molar-refractivity contribution is 5.59. The second-order valence-corrected chi connectivity index (χ2v) is 4.00. The number of carbonyl (C=O) groups is 1. The predicted octanol–water partition coefficient (Wildman–Crippen LogP) is 2.49. The number of hydrogen-bond acceptors (Lipinski definition) is 3. The summed E-state index contributed by atoms with van der Waals surface area (Å²) in [5, 5.41) is 3.74. The van der Waals surface area contributed by atoms with Crippen LogP contribution in [0.3, 0.4) is 0 Å². The maximum Gasteiger partial charge on any atom is 0.227 e. The van der Waals surface area contributed by atoms with Crippen molar-refractivity contribution >= 4 is 12.6 Å². The SMILES string of the molecule is CCC[C@@H](C/C=N/NC=O)OCc1ccccc1. The van der Waals surface area contributed by atoms with E-state index in [1.165, 1.54) is 5.56 Å². The third kappa shape index (κ3) is 6.15. The van der Waals surface area contributed by atoms with E-state index in [1.54, 1.807) is 6.21 Å². The minimum Gasteiger partial charge on any atom is -0.373 e. The van der Waals surface area contributed by atoms with Crippen LogP contribution in [-0.2, 0) is 16.1 Å². The van der Waals surface area contributed by atoms with E-state index in [0.717, 1.165) is 12.8 Å². The average molecular weight is 248 g/mol. The molecule has 0 saturated carbocycles. The molecular formula is C14H20N2O2.